The predicted octanol–water partition coefficient (Wildman–Crippen LogP) is 1.53. The van der Waals surface area contributed by atoms with Gasteiger partial charge in [-0.05, 0) is 19.3 Å². The van der Waals surface area contributed by atoms with Crippen molar-refractivity contribution in [3.05, 3.63) is 16.6 Å². The Bertz CT molecular complexity index is 317. The van der Waals surface area contributed by atoms with Crippen molar-refractivity contribution < 1.29 is 4.79 Å². The molecule has 1 aliphatic carbocycles. The van der Waals surface area contributed by atoms with Gasteiger partial charge in [-0.2, -0.15) is 0 Å². The summed E-state index contributed by atoms with van der Waals surface area (Å²) in [4.78, 5) is 15.7. The summed E-state index contributed by atoms with van der Waals surface area (Å²) in [7, 11) is 0. The number of nitrogens with two attached hydrogens (primary N) is 1. The lowest BCUT2D eigenvalue weighted by atomic mass is 9.74. The Morgan fingerprint density at radius 1 is 1.64 bits per heavy atom. The van der Waals surface area contributed by atoms with E-state index in [4.69, 9.17) is 5.73 Å². The molecule has 0 saturated heterocycles. The normalized spacial score (nSPS) is 18.9. The van der Waals surface area contributed by atoms with E-state index in [9.17, 15) is 4.79 Å². The highest BCUT2D eigenvalue weighted by atomic mass is 32.1. The van der Waals surface area contributed by atoms with E-state index in [1.165, 1.54) is 17.8 Å². The van der Waals surface area contributed by atoms with Crippen molar-refractivity contribution in [2.45, 2.75) is 37.6 Å². The molecule has 1 saturated carbocycles. The standard InChI is InChI=1S/C10H14N2OS/c11-10(2-1-3-10)7-8(13)6-9-12-4-5-14-9/h4-5H,1-3,6-7,11H2. The number of ketones is 1. The summed E-state index contributed by atoms with van der Waals surface area (Å²) in [6.45, 7) is 0. The highest BCUT2D eigenvalue weighted by Crippen LogP contribution is 2.32. The fourth-order valence-corrected chi connectivity index (χ4v) is 2.42. The van der Waals surface area contributed by atoms with Gasteiger partial charge in [-0.15, -0.1) is 11.3 Å². The summed E-state index contributed by atoms with van der Waals surface area (Å²) in [6, 6.07) is 0. The maximum atomic E-state index is 11.6. The molecule has 0 radical (unpaired) electrons. The van der Waals surface area contributed by atoms with Crippen LogP contribution in [0.4, 0.5) is 0 Å². The summed E-state index contributed by atoms with van der Waals surface area (Å²) in [6.07, 6.45) is 5.87. The molecule has 0 atom stereocenters. The molecule has 2 rings (SSSR count). The van der Waals surface area contributed by atoms with Gasteiger partial charge in [-0.3, -0.25) is 4.79 Å². The van der Waals surface area contributed by atoms with E-state index in [0.717, 1.165) is 17.8 Å². The predicted molar refractivity (Wildman–Crippen MR) is 56.2 cm³/mol. The number of carbonyl (C=O) groups is 1. The zero-order valence-electron chi connectivity index (χ0n) is 8.03. The van der Waals surface area contributed by atoms with Crippen molar-refractivity contribution in [1.29, 1.82) is 0 Å². The van der Waals surface area contributed by atoms with Crippen molar-refractivity contribution in [2.24, 2.45) is 5.73 Å². The van der Waals surface area contributed by atoms with Gasteiger partial charge in [0.2, 0.25) is 0 Å². The van der Waals surface area contributed by atoms with Gasteiger partial charge >= 0.3 is 0 Å². The molecule has 0 amide bonds. The number of rotatable bonds is 4. The minimum atomic E-state index is -0.186. The minimum Gasteiger partial charge on any atom is -0.325 e. The van der Waals surface area contributed by atoms with Gasteiger partial charge in [0.25, 0.3) is 0 Å². The summed E-state index contributed by atoms with van der Waals surface area (Å²) in [5.74, 6) is 0.224. The molecule has 1 heterocycles. The lowest BCUT2D eigenvalue weighted by molar-refractivity contribution is -0.120. The molecule has 0 aromatic carbocycles. The van der Waals surface area contributed by atoms with Crippen LogP contribution in [-0.2, 0) is 11.2 Å². The van der Waals surface area contributed by atoms with Crippen molar-refractivity contribution in [2.75, 3.05) is 0 Å². The molecule has 1 aliphatic rings. The Morgan fingerprint density at radius 3 is 2.93 bits per heavy atom. The Labute approximate surface area is 87.3 Å². The number of nitrogens with zero attached hydrogens (tertiary/aromatic N) is 1. The molecule has 0 bridgehead atoms. The van der Waals surface area contributed by atoms with Gasteiger partial charge < -0.3 is 5.73 Å². The van der Waals surface area contributed by atoms with E-state index in [1.807, 2.05) is 5.38 Å². The number of carbonyl (C=O) groups excluding carboxylic acids is 1. The fraction of sp³-hybridized carbons (Fsp3) is 0.600. The topological polar surface area (TPSA) is 56.0 Å². The molecule has 1 aromatic heterocycles. The number of Topliss-reactive ketones (excluding diaryl/α,β-unsaturated/α-hetero) is 1. The van der Waals surface area contributed by atoms with Crippen LogP contribution in [0.3, 0.4) is 0 Å². The van der Waals surface area contributed by atoms with E-state index in [-0.39, 0.29) is 11.3 Å². The van der Waals surface area contributed by atoms with Gasteiger partial charge in [0.05, 0.1) is 11.4 Å². The molecule has 4 heteroatoms. The molecule has 2 N–H and O–H groups in total. The Kier molecular flexibility index (Phi) is 2.65. The van der Waals surface area contributed by atoms with Gasteiger partial charge in [0.15, 0.2) is 0 Å². The van der Waals surface area contributed by atoms with Crippen LogP contribution < -0.4 is 5.73 Å². The second-order valence-corrected chi connectivity index (χ2v) is 5.01. The molecule has 0 spiro atoms. The van der Waals surface area contributed by atoms with E-state index in [0.29, 0.717) is 12.8 Å². The van der Waals surface area contributed by atoms with Gasteiger partial charge in [-0.25, -0.2) is 4.98 Å². The second kappa shape index (κ2) is 3.79. The molecular formula is C10H14N2OS. The molecule has 76 valence electrons. The first-order valence-corrected chi connectivity index (χ1v) is 5.75. The lowest BCUT2D eigenvalue weighted by Gasteiger charge is -2.37. The SMILES string of the molecule is NC1(CC(=O)Cc2nccs2)CCC1. The molecule has 0 unspecified atom stereocenters. The largest absolute Gasteiger partial charge is 0.325 e. The van der Waals surface area contributed by atoms with Gasteiger partial charge in [0, 0.05) is 23.5 Å². The summed E-state index contributed by atoms with van der Waals surface area (Å²) in [5.41, 5.74) is 5.81. The van der Waals surface area contributed by atoms with Crippen LogP contribution in [0, 0.1) is 0 Å². The number of thiazole rings is 1. The molecule has 1 fully saturated rings. The highest BCUT2D eigenvalue weighted by Gasteiger charge is 2.34. The molecular weight excluding hydrogens is 196 g/mol. The smallest absolute Gasteiger partial charge is 0.141 e. The van der Waals surface area contributed by atoms with Crippen molar-refractivity contribution in [3.63, 3.8) is 0 Å². The zero-order valence-corrected chi connectivity index (χ0v) is 8.85. The zero-order chi connectivity index (χ0) is 10.0. The first-order chi connectivity index (χ1) is 6.68. The molecule has 1 aromatic rings. The van der Waals surface area contributed by atoms with E-state index in [1.54, 1.807) is 6.20 Å². The Balaban J connectivity index is 1.84. The van der Waals surface area contributed by atoms with Crippen molar-refractivity contribution in [1.82, 2.24) is 4.98 Å². The first-order valence-electron chi connectivity index (χ1n) is 4.87. The Morgan fingerprint density at radius 2 is 2.43 bits per heavy atom. The third kappa shape index (κ3) is 2.19. The molecule has 0 aliphatic heterocycles. The van der Waals surface area contributed by atoms with Crippen LogP contribution in [0.15, 0.2) is 11.6 Å². The van der Waals surface area contributed by atoms with Gasteiger partial charge in [0.1, 0.15) is 5.78 Å². The minimum absolute atomic E-state index is 0.186. The van der Waals surface area contributed by atoms with E-state index in [2.05, 4.69) is 4.98 Å². The number of aromatic nitrogens is 1. The quantitative estimate of drug-likeness (QED) is 0.820. The Hall–Kier alpha value is -0.740. The van der Waals surface area contributed by atoms with Crippen LogP contribution in [0.5, 0.6) is 0 Å². The molecule has 14 heavy (non-hydrogen) atoms. The number of hydrogen-bond acceptors (Lipinski definition) is 4. The van der Waals surface area contributed by atoms with Gasteiger partial charge in [-0.1, -0.05) is 0 Å². The van der Waals surface area contributed by atoms with Crippen LogP contribution in [-0.4, -0.2) is 16.3 Å². The maximum absolute atomic E-state index is 11.6. The third-order valence-corrected chi connectivity index (χ3v) is 3.51. The van der Waals surface area contributed by atoms with Crippen LogP contribution in [0.2, 0.25) is 0 Å². The van der Waals surface area contributed by atoms with Crippen LogP contribution >= 0.6 is 11.3 Å². The first kappa shape index (κ1) is 9.80. The lowest BCUT2D eigenvalue weighted by Crippen LogP contribution is -2.48. The maximum Gasteiger partial charge on any atom is 0.141 e. The van der Waals surface area contributed by atoms with Crippen molar-refractivity contribution >= 4 is 17.1 Å². The highest BCUT2D eigenvalue weighted by molar-refractivity contribution is 7.09. The number of hydrogen-bond donors (Lipinski definition) is 1. The second-order valence-electron chi connectivity index (χ2n) is 4.03. The third-order valence-electron chi connectivity index (χ3n) is 2.73. The summed E-state index contributed by atoms with van der Waals surface area (Å²) < 4.78 is 0. The van der Waals surface area contributed by atoms with E-state index >= 15 is 0 Å². The van der Waals surface area contributed by atoms with Crippen molar-refractivity contribution in [3.8, 4) is 0 Å². The average molecular weight is 210 g/mol. The molecule has 3 nitrogen and oxygen atoms in total. The monoisotopic (exact) mass is 210 g/mol. The summed E-state index contributed by atoms with van der Waals surface area (Å²) in [5, 5.41) is 2.79. The van der Waals surface area contributed by atoms with E-state index < -0.39 is 0 Å². The summed E-state index contributed by atoms with van der Waals surface area (Å²) >= 11 is 1.53. The average Bonchev–Trinajstić information content (AvgIpc) is 2.53. The fourth-order valence-electron chi connectivity index (χ4n) is 1.77. The van der Waals surface area contributed by atoms with Crippen LogP contribution in [0.1, 0.15) is 30.7 Å². The van der Waals surface area contributed by atoms with Crippen LogP contribution in [0.25, 0.3) is 0 Å².